The van der Waals surface area contributed by atoms with Crippen LogP contribution in [0, 0.1) is 17.6 Å². The molecule has 1 aromatic carbocycles. The third kappa shape index (κ3) is 4.53. The number of carbonyl (C=O) groups is 1. The van der Waals surface area contributed by atoms with E-state index in [1.807, 2.05) is 6.92 Å². The van der Waals surface area contributed by atoms with E-state index < -0.39 is 11.6 Å². The number of ether oxygens (including phenoxy) is 1. The molecule has 0 saturated carbocycles. The third-order valence-electron chi connectivity index (χ3n) is 2.66. The zero-order valence-corrected chi connectivity index (χ0v) is 10.7. The summed E-state index contributed by atoms with van der Waals surface area (Å²) in [4.78, 5) is 11.6. The van der Waals surface area contributed by atoms with Crippen LogP contribution in [0.25, 0.3) is 0 Å². The minimum atomic E-state index is -1.01. The molecule has 18 heavy (non-hydrogen) atoms. The monoisotopic (exact) mass is 256 g/mol. The fourth-order valence-electron chi connectivity index (χ4n) is 1.68. The van der Waals surface area contributed by atoms with Crippen LogP contribution >= 0.6 is 0 Å². The molecule has 0 bridgehead atoms. The van der Waals surface area contributed by atoms with Crippen LogP contribution in [0.2, 0.25) is 0 Å². The van der Waals surface area contributed by atoms with E-state index in [9.17, 15) is 13.6 Å². The lowest BCUT2D eigenvalue weighted by Gasteiger charge is -2.10. The van der Waals surface area contributed by atoms with Crippen molar-refractivity contribution in [2.45, 2.75) is 26.7 Å². The molecule has 0 aliphatic heterocycles. The molecular formula is C14H18F2O2. The molecule has 0 aliphatic rings. The Bertz CT molecular complexity index is 405. The van der Waals surface area contributed by atoms with E-state index in [1.165, 1.54) is 6.07 Å². The maximum Gasteiger partial charge on any atom is 0.188 e. The van der Waals surface area contributed by atoms with E-state index in [1.54, 1.807) is 0 Å². The lowest BCUT2D eigenvalue weighted by molar-refractivity contribution is 0.0682. The van der Waals surface area contributed by atoms with Crippen LogP contribution < -0.4 is 0 Å². The highest BCUT2D eigenvalue weighted by atomic mass is 19.2. The van der Waals surface area contributed by atoms with Gasteiger partial charge in [-0.25, -0.2) is 8.78 Å². The Morgan fingerprint density at radius 3 is 2.67 bits per heavy atom. The van der Waals surface area contributed by atoms with Gasteiger partial charge in [-0.15, -0.1) is 0 Å². The molecule has 0 aromatic heterocycles. The van der Waals surface area contributed by atoms with Gasteiger partial charge in [-0.2, -0.15) is 0 Å². The van der Waals surface area contributed by atoms with Gasteiger partial charge in [-0.05, 0) is 30.5 Å². The normalized spacial score (nSPS) is 12.4. The Labute approximate surface area is 106 Å². The molecule has 0 spiro atoms. The number of halogens is 2. The number of ketones is 1. The second kappa shape index (κ2) is 7.21. The minimum absolute atomic E-state index is 0.0981. The zero-order valence-electron chi connectivity index (χ0n) is 10.7. The van der Waals surface area contributed by atoms with Gasteiger partial charge in [0.25, 0.3) is 0 Å². The van der Waals surface area contributed by atoms with Crippen molar-refractivity contribution in [1.29, 1.82) is 0 Å². The lowest BCUT2D eigenvalue weighted by atomic mass is 10.1. The molecule has 4 heteroatoms. The molecule has 0 saturated heterocycles. The molecule has 1 rings (SSSR count). The summed E-state index contributed by atoms with van der Waals surface area (Å²) in [6.45, 7) is 4.54. The van der Waals surface area contributed by atoms with Gasteiger partial charge in [-0.1, -0.05) is 20.3 Å². The predicted octanol–water partition coefficient (Wildman–Crippen LogP) is 3.60. The van der Waals surface area contributed by atoms with Crippen LogP contribution in [0.1, 0.15) is 37.0 Å². The summed E-state index contributed by atoms with van der Waals surface area (Å²) in [6, 6.07) is 3.11. The van der Waals surface area contributed by atoms with E-state index in [2.05, 4.69) is 6.92 Å². The van der Waals surface area contributed by atoms with Gasteiger partial charge in [0, 0.05) is 12.2 Å². The fraction of sp³-hybridized carbons (Fsp3) is 0.500. The molecule has 0 radical (unpaired) electrons. The summed E-state index contributed by atoms with van der Waals surface area (Å²) >= 11 is 0. The maximum absolute atomic E-state index is 12.9. The molecule has 2 nitrogen and oxygen atoms in total. The molecule has 0 amide bonds. The quantitative estimate of drug-likeness (QED) is 0.697. The summed E-state index contributed by atoms with van der Waals surface area (Å²) in [6.07, 6.45) is 2.11. The molecular weight excluding hydrogens is 238 g/mol. The van der Waals surface area contributed by atoms with Crippen LogP contribution in [-0.4, -0.2) is 19.0 Å². The summed E-state index contributed by atoms with van der Waals surface area (Å²) in [5.74, 6) is -1.91. The number of rotatable bonds is 7. The number of hydrogen-bond acceptors (Lipinski definition) is 2. The van der Waals surface area contributed by atoms with Crippen molar-refractivity contribution in [2.75, 3.05) is 13.2 Å². The molecule has 1 atom stereocenters. The first-order valence-electron chi connectivity index (χ1n) is 6.10. The van der Waals surface area contributed by atoms with Crippen molar-refractivity contribution >= 4 is 5.78 Å². The Morgan fingerprint density at radius 1 is 1.33 bits per heavy atom. The minimum Gasteiger partial charge on any atom is -0.373 e. The van der Waals surface area contributed by atoms with Crippen molar-refractivity contribution in [3.63, 3.8) is 0 Å². The number of carbonyl (C=O) groups excluding carboxylic acids is 1. The zero-order chi connectivity index (χ0) is 13.5. The lowest BCUT2D eigenvalue weighted by Crippen LogP contribution is -2.13. The van der Waals surface area contributed by atoms with Gasteiger partial charge in [0.05, 0.1) is 0 Å². The topological polar surface area (TPSA) is 26.3 Å². The third-order valence-corrected chi connectivity index (χ3v) is 2.66. The van der Waals surface area contributed by atoms with Crippen molar-refractivity contribution in [3.8, 4) is 0 Å². The molecule has 0 fully saturated rings. The maximum atomic E-state index is 12.9. The molecule has 0 heterocycles. The van der Waals surface area contributed by atoms with E-state index in [0.29, 0.717) is 12.5 Å². The van der Waals surface area contributed by atoms with Crippen LogP contribution in [0.3, 0.4) is 0 Å². The van der Waals surface area contributed by atoms with E-state index in [4.69, 9.17) is 4.74 Å². The van der Waals surface area contributed by atoms with Crippen molar-refractivity contribution in [2.24, 2.45) is 5.92 Å². The van der Waals surface area contributed by atoms with Crippen LogP contribution in [-0.2, 0) is 4.74 Å². The Balaban J connectivity index is 2.43. The fourth-order valence-corrected chi connectivity index (χ4v) is 1.68. The van der Waals surface area contributed by atoms with Crippen molar-refractivity contribution in [1.82, 2.24) is 0 Å². The second-order valence-electron chi connectivity index (χ2n) is 4.46. The SMILES string of the molecule is CCCC(C)COCC(=O)c1ccc(F)c(F)c1. The average Bonchev–Trinajstić information content (AvgIpc) is 2.33. The van der Waals surface area contributed by atoms with Gasteiger partial charge >= 0.3 is 0 Å². The first kappa shape index (κ1) is 14.8. The highest BCUT2D eigenvalue weighted by Crippen LogP contribution is 2.10. The molecule has 0 N–H and O–H groups in total. The first-order chi connectivity index (χ1) is 8.54. The molecule has 1 unspecified atom stereocenters. The highest BCUT2D eigenvalue weighted by molar-refractivity contribution is 5.97. The largest absolute Gasteiger partial charge is 0.373 e. The van der Waals surface area contributed by atoms with Gasteiger partial charge in [0.2, 0.25) is 0 Å². The molecule has 1 aromatic rings. The van der Waals surface area contributed by atoms with E-state index in [-0.39, 0.29) is 18.0 Å². The van der Waals surface area contributed by atoms with E-state index >= 15 is 0 Å². The second-order valence-corrected chi connectivity index (χ2v) is 4.46. The average molecular weight is 256 g/mol. The van der Waals surface area contributed by atoms with Crippen molar-refractivity contribution < 1.29 is 18.3 Å². The number of hydrogen-bond donors (Lipinski definition) is 0. The summed E-state index contributed by atoms with van der Waals surface area (Å²) in [5, 5.41) is 0. The molecule has 100 valence electrons. The summed E-state index contributed by atoms with van der Waals surface area (Å²) < 4.78 is 30.9. The van der Waals surface area contributed by atoms with Gasteiger partial charge in [-0.3, -0.25) is 4.79 Å². The Morgan fingerprint density at radius 2 is 2.06 bits per heavy atom. The predicted molar refractivity (Wildman–Crippen MR) is 65.6 cm³/mol. The van der Waals surface area contributed by atoms with Crippen LogP contribution in [0.5, 0.6) is 0 Å². The van der Waals surface area contributed by atoms with Crippen LogP contribution in [0.15, 0.2) is 18.2 Å². The summed E-state index contributed by atoms with van der Waals surface area (Å²) in [5.41, 5.74) is 0.136. The Kier molecular flexibility index (Phi) is 5.92. The van der Waals surface area contributed by atoms with Gasteiger partial charge in [0.15, 0.2) is 17.4 Å². The molecule has 0 aliphatic carbocycles. The number of benzene rings is 1. The van der Waals surface area contributed by atoms with Gasteiger partial charge < -0.3 is 4.74 Å². The smallest absolute Gasteiger partial charge is 0.188 e. The van der Waals surface area contributed by atoms with E-state index in [0.717, 1.165) is 25.0 Å². The first-order valence-corrected chi connectivity index (χ1v) is 6.10. The highest BCUT2D eigenvalue weighted by Gasteiger charge is 2.10. The Hall–Kier alpha value is -1.29. The van der Waals surface area contributed by atoms with Crippen molar-refractivity contribution in [3.05, 3.63) is 35.4 Å². The number of Topliss-reactive ketones (excluding diaryl/α,β-unsaturated/α-hetero) is 1. The standard InChI is InChI=1S/C14H18F2O2/c1-3-4-10(2)8-18-9-14(17)11-5-6-12(15)13(16)7-11/h5-7,10H,3-4,8-9H2,1-2H3. The van der Waals surface area contributed by atoms with Crippen LogP contribution in [0.4, 0.5) is 8.78 Å². The summed E-state index contributed by atoms with van der Waals surface area (Å²) in [7, 11) is 0. The van der Waals surface area contributed by atoms with Gasteiger partial charge in [0.1, 0.15) is 6.61 Å².